The van der Waals surface area contributed by atoms with Gasteiger partial charge in [0.1, 0.15) is 12.4 Å². The van der Waals surface area contributed by atoms with Crippen LogP contribution < -0.4 is 10.6 Å². The summed E-state index contributed by atoms with van der Waals surface area (Å²) in [6.07, 6.45) is 8.83. The fourth-order valence-electron chi connectivity index (χ4n) is 3.27. The first kappa shape index (κ1) is 19.7. The van der Waals surface area contributed by atoms with Gasteiger partial charge in [0.2, 0.25) is 0 Å². The largest absolute Gasteiger partial charge is 0.354 e. The molecule has 2 N–H and O–H groups in total. The van der Waals surface area contributed by atoms with Gasteiger partial charge >= 0.3 is 0 Å². The van der Waals surface area contributed by atoms with Gasteiger partial charge in [0.15, 0.2) is 11.8 Å². The first-order valence-electron chi connectivity index (χ1n) is 9.88. The number of guanidine groups is 1. The van der Waals surface area contributed by atoms with Gasteiger partial charge in [0, 0.05) is 19.1 Å². The fraction of sp³-hybridized carbons (Fsp3) is 0.842. The Balaban J connectivity index is 1.93. The summed E-state index contributed by atoms with van der Waals surface area (Å²) in [7, 11) is 1.99. The molecule has 0 aliphatic heterocycles. The standard InChI is InChI=1S/C19H36N6/c1-14(2)9-8-10-15(3)21-19(22-17-11-6-7-12-17)20-13-18-24-23-16(4)25(18)5/h14-15,17H,6-13H2,1-5H3,(H2,20,21,22). The lowest BCUT2D eigenvalue weighted by Crippen LogP contribution is -2.46. The first-order chi connectivity index (χ1) is 12.0. The van der Waals surface area contributed by atoms with Crippen LogP contribution in [0.5, 0.6) is 0 Å². The number of nitrogens with zero attached hydrogens (tertiary/aromatic N) is 4. The Morgan fingerprint density at radius 2 is 1.92 bits per heavy atom. The lowest BCUT2D eigenvalue weighted by molar-refractivity contribution is 0.487. The molecule has 0 bridgehead atoms. The summed E-state index contributed by atoms with van der Waals surface area (Å²) in [5, 5.41) is 15.6. The van der Waals surface area contributed by atoms with E-state index >= 15 is 0 Å². The van der Waals surface area contributed by atoms with Crippen LogP contribution in [0.25, 0.3) is 0 Å². The van der Waals surface area contributed by atoms with Gasteiger partial charge in [-0.2, -0.15) is 0 Å². The molecule has 1 aromatic rings. The average Bonchev–Trinajstić information content (AvgIpc) is 3.16. The van der Waals surface area contributed by atoms with E-state index in [2.05, 4.69) is 41.6 Å². The minimum absolute atomic E-state index is 0.424. The van der Waals surface area contributed by atoms with Gasteiger partial charge in [-0.25, -0.2) is 4.99 Å². The lowest BCUT2D eigenvalue weighted by atomic mass is 10.0. The van der Waals surface area contributed by atoms with E-state index in [-0.39, 0.29) is 0 Å². The minimum atomic E-state index is 0.424. The highest BCUT2D eigenvalue weighted by molar-refractivity contribution is 5.80. The Morgan fingerprint density at radius 3 is 2.52 bits per heavy atom. The van der Waals surface area contributed by atoms with Crippen molar-refractivity contribution in [2.24, 2.45) is 18.0 Å². The van der Waals surface area contributed by atoms with Crippen LogP contribution >= 0.6 is 0 Å². The molecular formula is C19H36N6. The van der Waals surface area contributed by atoms with E-state index in [0.29, 0.717) is 18.6 Å². The van der Waals surface area contributed by atoms with Crippen LogP contribution in [0.1, 0.15) is 77.4 Å². The van der Waals surface area contributed by atoms with Gasteiger partial charge in [-0.05, 0) is 39.0 Å². The maximum atomic E-state index is 4.79. The van der Waals surface area contributed by atoms with Crippen LogP contribution in [-0.4, -0.2) is 32.8 Å². The highest BCUT2D eigenvalue weighted by atomic mass is 15.3. The predicted octanol–water partition coefficient (Wildman–Crippen LogP) is 3.32. The average molecular weight is 349 g/mol. The molecule has 1 aliphatic rings. The van der Waals surface area contributed by atoms with E-state index in [4.69, 9.17) is 4.99 Å². The number of aromatic nitrogens is 3. The summed E-state index contributed by atoms with van der Waals surface area (Å²) >= 11 is 0. The second-order valence-corrected chi connectivity index (χ2v) is 7.88. The van der Waals surface area contributed by atoms with Crippen molar-refractivity contribution in [2.45, 2.75) is 91.3 Å². The van der Waals surface area contributed by atoms with Crippen molar-refractivity contribution < 1.29 is 0 Å². The molecule has 0 aromatic carbocycles. The molecule has 6 nitrogen and oxygen atoms in total. The molecule has 1 fully saturated rings. The van der Waals surface area contributed by atoms with Crippen molar-refractivity contribution in [3.8, 4) is 0 Å². The Morgan fingerprint density at radius 1 is 1.20 bits per heavy atom. The monoisotopic (exact) mass is 348 g/mol. The highest BCUT2D eigenvalue weighted by Gasteiger charge is 2.17. The number of aliphatic imine (C=N–C) groups is 1. The Bertz CT molecular complexity index is 542. The van der Waals surface area contributed by atoms with Gasteiger partial charge in [0.25, 0.3) is 0 Å². The predicted molar refractivity (Wildman–Crippen MR) is 104 cm³/mol. The molecular weight excluding hydrogens is 312 g/mol. The molecule has 6 heteroatoms. The molecule has 1 atom stereocenters. The van der Waals surface area contributed by atoms with E-state index in [1.54, 1.807) is 0 Å². The molecule has 2 rings (SSSR count). The summed E-state index contributed by atoms with van der Waals surface area (Å²) in [5.41, 5.74) is 0. The number of aryl methyl sites for hydroxylation is 1. The molecule has 142 valence electrons. The zero-order valence-corrected chi connectivity index (χ0v) is 16.7. The maximum Gasteiger partial charge on any atom is 0.192 e. The quantitative estimate of drug-likeness (QED) is 0.559. The van der Waals surface area contributed by atoms with Crippen LogP contribution in [0.2, 0.25) is 0 Å². The number of hydrogen-bond donors (Lipinski definition) is 2. The lowest BCUT2D eigenvalue weighted by Gasteiger charge is -2.21. The van der Waals surface area contributed by atoms with Crippen LogP contribution in [0.3, 0.4) is 0 Å². The smallest absolute Gasteiger partial charge is 0.192 e. The zero-order chi connectivity index (χ0) is 18.2. The van der Waals surface area contributed by atoms with E-state index in [0.717, 1.165) is 23.5 Å². The summed E-state index contributed by atoms with van der Waals surface area (Å²) < 4.78 is 2.00. The van der Waals surface area contributed by atoms with Gasteiger partial charge in [0.05, 0.1) is 0 Å². The van der Waals surface area contributed by atoms with Gasteiger partial charge in [-0.1, -0.05) is 39.5 Å². The zero-order valence-electron chi connectivity index (χ0n) is 16.7. The summed E-state index contributed by atoms with van der Waals surface area (Å²) in [6, 6.07) is 0.975. The molecule has 0 spiro atoms. The van der Waals surface area contributed by atoms with Gasteiger partial charge < -0.3 is 15.2 Å². The topological polar surface area (TPSA) is 67.1 Å². The molecule has 1 unspecified atom stereocenters. The third-order valence-electron chi connectivity index (χ3n) is 5.06. The third kappa shape index (κ3) is 6.67. The molecule has 1 saturated carbocycles. The Kier molecular flexibility index (Phi) is 7.72. The molecule has 1 aliphatic carbocycles. The van der Waals surface area contributed by atoms with Gasteiger partial charge in [-0.3, -0.25) is 0 Å². The molecule has 0 saturated heterocycles. The first-order valence-corrected chi connectivity index (χ1v) is 9.88. The molecule has 25 heavy (non-hydrogen) atoms. The van der Waals surface area contributed by atoms with Crippen molar-refractivity contribution in [1.82, 2.24) is 25.4 Å². The van der Waals surface area contributed by atoms with E-state index < -0.39 is 0 Å². The highest BCUT2D eigenvalue weighted by Crippen LogP contribution is 2.17. The van der Waals surface area contributed by atoms with Crippen molar-refractivity contribution in [1.29, 1.82) is 0 Å². The van der Waals surface area contributed by atoms with E-state index in [1.807, 2.05) is 18.5 Å². The molecule has 0 amide bonds. The van der Waals surface area contributed by atoms with Crippen LogP contribution in [-0.2, 0) is 13.6 Å². The Labute approximate surface area is 152 Å². The second-order valence-electron chi connectivity index (χ2n) is 7.88. The minimum Gasteiger partial charge on any atom is -0.354 e. The van der Waals surface area contributed by atoms with E-state index in [9.17, 15) is 0 Å². The SMILES string of the molecule is Cc1nnc(CN=C(NC(C)CCCC(C)C)NC2CCCC2)n1C. The summed E-state index contributed by atoms with van der Waals surface area (Å²) in [6.45, 7) is 9.34. The normalized spacial score (nSPS) is 17.3. The number of rotatable bonds is 8. The van der Waals surface area contributed by atoms with Gasteiger partial charge in [-0.15, -0.1) is 10.2 Å². The van der Waals surface area contributed by atoms with Crippen LogP contribution in [0.15, 0.2) is 4.99 Å². The fourth-order valence-corrected chi connectivity index (χ4v) is 3.27. The van der Waals surface area contributed by atoms with Crippen molar-refractivity contribution >= 4 is 5.96 Å². The van der Waals surface area contributed by atoms with E-state index in [1.165, 1.54) is 44.9 Å². The molecule has 1 heterocycles. The number of nitrogens with one attached hydrogen (secondary N) is 2. The summed E-state index contributed by atoms with van der Waals surface area (Å²) in [5.74, 6) is 3.52. The van der Waals surface area contributed by atoms with Crippen LogP contribution in [0, 0.1) is 12.8 Å². The van der Waals surface area contributed by atoms with Crippen molar-refractivity contribution in [3.05, 3.63) is 11.6 Å². The Hall–Kier alpha value is -1.59. The number of hydrogen-bond acceptors (Lipinski definition) is 3. The van der Waals surface area contributed by atoms with Crippen molar-refractivity contribution in [3.63, 3.8) is 0 Å². The summed E-state index contributed by atoms with van der Waals surface area (Å²) in [4.78, 5) is 4.79. The molecule has 1 aromatic heterocycles. The van der Waals surface area contributed by atoms with Crippen LogP contribution in [0.4, 0.5) is 0 Å². The maximum absolute atomic E-state index is 4.79. The van der Waals surface area contributed by atoms with Crippen molar-refractivity contribution in [2.75, 3.05) is 0 Å². The molecule has 0 radical (unpaired) electrons. The second kappa shape index (κ2) is 9.78. The third-order valence-corrected chi connectivity index (χ3v) is 5.06.